The normalized spacial score (nSPS) is 12.4. The van der Waals surface area contributed by atoms with Crippen LogP contribution in [0.4, 0.5) is 5.69 Å². The molecule has 0 saturated carbocycles. The molecule has 2 aromatic carbocycles. The van der Waals surface area contributed by atoms with Crippen molar-refractivity contribution in [3.63, 3.8) is 0 Å². The zero-order valence-corrected chi connectivity index (χ0v) is 15.3. The van der Waals surface area contributed by atoms with Crippen molar-refractivity contribution < 1.29 is 22.2 Å². The minimum atomic E-state index is -3.63. The van der Waals surface area contributed by atoms with E-state index in [1.165, 1.54) is 19.2 Å². The summed E-state index contributed by atoms with van der Waals surface area (Å²) in [5, 5.41) is 0. The molecule has 0 fully saturated rings. The topological polar surface area (TPSA) is 116 Å². The van der Waals surface area contributed by atoms with Crippen LogP contribution in [0, 0.1) is 0 Å². The van der Waals surface area contributed by atoms with Crippen molar-refractivity contribution in [2.24, 2.45) is 5.73 Å². The van der Waals surface area contributed by atoms with E-state index < -0.39 is 26.6 Å². The van der Waals surface area contributed by atoms with Crippen LogP contribution >= 0.6 is 0 Å². The molecule has 2 aromatic rings. The van der Waals surface area contributed by atoms with Crippen LogP contribution in [0.25, 0.3) is 0 Å². The van der Waals surface area contributed by atoms with Crippen molar-refractivity contribution in [1.82, 2.24) is 0 Å². The van der Waals surface area contributed by atoms with Crippen LogP contribution in [0.1, 0.15) is 10.4 Å². The van der Waals surface area contributed by atoms with E-state index in [1.807, 2.05) is 0 Å². The fourth-order valence-electron chi connectivity index (χ4n) is 2.16. The third kappa shape index (κ3) is 4.65. The minimum Gasteiger partial charge on any atom is -0.496 e. The summed E-state index contributed by atoms with van der Waals surface area (Å²) in [5.74, 6) is -0.260. The Morgan fingerprint density at radius 2 is 1.88 bits per heavy atom. The van der Waals surface area contributed by atoms with Crippen molar-refractivity contribution in [2.45, 2.75) is 9.79 Å². The maximum Gasteiger partial charge on any atom is 0.229 e. The highest BCUT2D eigenvalue weighted by atomic mass is 32.2. The first-order valence-corrected chi connectivity index (χ1v) is 10.2. The van der Waals surface area contributed by atoms with E-state index in [-0.39, 0.29) is 28.4 Å². The average molecular weight is 382 g/mol. The third-order valence-corrected chi connectivity index (χ3v) is 5.27. The molecule has 0 saturated heterocycles. The summed E-state index contributed by atoms with van der Waals surface area (Å²) in [6.07, 6.45) is 0.980. The van der Waals surface area contributed by atoms with Crippen LogP contribution in [0.15, 0.2) is 52.3 Å². The highest BCUT2D eigenvalue weighted by Crippen LogP contribution is 2.32. The Morgan fingerprint density at radius 3 is 2.40 bits per heavy atom. The number of Topliss-reactive ketones (excluding diaryl/α,β-unsaturated/α-hetero) is 1. The molecule has 25 heavy (non-hydrogen) atoms. The maximum atomic E-state index is 12.9. The van der Waals surface area contributed by atoms with Crippen LogP contribution < -0.4 is 15.2 Å². The van der Waals surface area contributed by atoms with Gasteiger partial charge < -0.3 is 10.5 Å². The highest BCUT2D eigenvalue weighted by molar-refractivity contribution is 7.92. The van der Waals surface area contributed by atoms with Crippen LogP contribution in [-0.2, 0) is 20.8 Å². The first-order valence-electron chi connectivity index (χ1n) is 7.16. The molecule has 0 spiro atoms. The lowest BCUT2D eigenvalue weighted by Gasteiger charge is -2.15. The Labute approximate surface area is 148 Å². The molecule has 0 aliphatic carbocycles. The summed E-state index contributed by atoms with van der Waals surface area (Å²) >= 11 is 0. The van der Waals surface area contributed by atoms with Gasteiger partial charge in [0, 0.05) is 11.0 Å². The lowest BCUT2D eigenvalue weighted by molar-refractivity contribution is 0.0998. The zero-order chi connectivity index (χ0) is 18.6. The molecular formula is C16H18N2O5S2. The predicted octanol–water partition coefficient (Wildman–Crippen LogP) is 1.37. The molecule has 0 heterocycles. The van der Waals surface area contributed by atoms with Gasteiger partial charge in [0.2, 0.25) is 10.0 Å². The number of ether oxygens (including phenoxy) is 1. The minimum absolute atomic E-state index is 0.0788. The number of nitrogens with two attached hydrogens (primary N) is 1. The molecule has 0 aliphatic heterocycles. The predicted molar refractivity (Wildman–Crippen MR) is 96.0 cm³/mol. The first kappa shape index (κ1) is 19.1. The molecule has 0 amide bonds. The molecule has 2 rings (SSSR count). The van der Waals surface area contributed by atoms with Gasteiger partial charge in [-0.2, -0.15) is 0 Å². The lowest BCUT2D eigenvalue weighted by Crippen LogP contribution is -2.17. The summed E-state index contributed by atoms with van der Waals surface area (Å²) in [6.45, 7) is -0.257. The van der Waals surface area contributed by atoms with Gasteiger partial charge in [-0.15, -0.1) is 0 Å². The van der Waals surface area contributed by atoms with Gasteiger partial charge in [-0.3, -0.25) is 9.52 Å². The molecule has 134 valence electrons. The second-order valence-corrected chi connectivity index (χ2v) is 8.33. The average Bonchev–Trinajstić information content (AvgIpc) is 2.59. The summed E-state index contributed by atoms with van der Waals surface area (Å²) in [4.78, 5) is 12.7. The Morgan fingerprint density at radius 1 is 1.24 bits per heavy atom. The highest BCUT2D eigenvalue weighted by Gasteiger charge is 2.21. The standard InChI is InChI=1S/C16H18N2O5S2/c1-23-15-9-13(18-25(2,21)22)16(8-12(15)14(19)10-17)24(20)11-6-4-3-5-7-11/h3-9,18H,10,17H2,1-2H3. The first-order chi connectivity index (χ1) is 11.8. The number of carbonyl (C=O) groups excluding carboxylic acids is 1. The smallest absolute Gasteiger partial charge is 0.229 e. The molecule has 9 heteroatoms. The van der Waals surface area contributed by atoms with E-state index in [0.29, 0.717) is 4.90 Å². The van der Waals surface area contributed by atoms with Crippen LogP contribution in [0.2, 0.25) is 0 Å². The number of nitrogens with one attached hydrogen (secondary N) is 1. The Kier molecular flexibility index (Phi) is 5.93. The number of anilines is 1. The van der Waals surface area contributed by atoms with Gasteiger partial charge in [0.15, 0.2) is 5.78 Å². The van der Waals surface area contributed by atoms with E-state index >= 15 is 0 Å². The van der Waals surface area contributed by atoms with Crippen LogP contribution in [0.5, 0.6) is 5.75 Å². The van der Waals surface area contributed by atoms with Crippen molar-refractivity contribution >= 4 is 32.3 Å². The zero-order valence-electron chi connectivity index (χ0n) is 13.7. The molecule has 0 aliphatic rings. The molecule has 7 nitrogen and oxygen atoms in total. The monoisotopic (exact) mass is 382 g/mol. The van der Waals surface area contributed by atoms with E-state index in [4.69, 9.17) is 10.5 Å². The van der Waals surface area contributed by atoms with Crippen LogP contribution in [0.3, 0.4) is 0 Å². The number of hydrogen-bond donors (Lipinski definition) is 2. The molecule has 1 unspecified atom stereocenters. The second kappa shape index (κ2) is 7.77. The molecule has 0 radical (unpaired) electrons. The number of rotatable bonds is 7. The summed E-state index contributed by atoms with van der Waals surface area (Å²) < 4.78 is 43.7. The fourth-order valence-corrected chi connectivity index (χ4v) is 3.99. The Balaban J connectivity index is 2.69. The van der Waals surface area contributed by atoms with Gasteiger partial charge in [-0.1, -0.05) is 18.2 Å². The molecule has 1 atom stereocenters. The third-order valence-electron chi connectivity index (χ3n) is 3.24. The fraction of sp³-hybridized carbons (Fsp3) is 0.188. The largest absolute Gasteiger partial charge is 0.496 e. The maximum absolute atomic E-state index is 12.9. The lowest BCUT2D eigenvalue weighted by atomic mass is 10.1. The van der Waals surface area contributed by atoms with E-state index in [2.05, 4.69) is 4.72 Å². The second-order valence-electron chi connectivity index (χ2n) is 5.13. The summed E-state index contributed by atoms with van der Waals surface area (Å²) in [7, 11) is -3.99. The number of sulfonamides is 1. The van der Waals surface area contributed by atoms with Crippen molar-refractivity contribution in [2.75, 3.05) is 24.6 Å². The molecule has 3 N–H and O–H groups in total. The van der Waals surface area contributed by atoms with Gasteiger partial charge in [0.05, 0.1) is 46.9 Å². The SMILES string of the molecule is COc1cc(NS(C)(=O)=O)c(S(=O)c2ccccc2)cc1C(=O)CN. The van der Waals surface area contributed by atoms with Crippen molar-refractivity contribution in [1.29, 1.82) is 0 Å². The number of methoxy groups -OCH3 is 1. The quantitative estimate of drug-likeness (QED) is 0.699. The van der Waals surface area contributed by atoms with E-state index in [1.54, 1.807) is 30.3 Å². The molecule has 0 bridgehead atoms. The van der Waals surface area contributed by atoms with Crippen molar-refractivity contribution in [3.05, 3.63) is 48.0 Å². The number of carbonyl (C=O) groups is 1. The number of ketones is 1. The molecule has 0 aromatic heterocycles. The summed E-state index contributed by atoms with van der Waals surface area (Å²) in [5.41, 5.74) is 5.63. The van der Waals surface area contributed by atoms with Gasteiger partial charge in [-0.05, 0) is 18.2 Å². The number of hydrogen-bond acceptors (Lipinski definition) is 6. The summed E-state index contributed by atoms with van der Waals surface area (Å²) in [6, 6.07) is 11.2. The van der Waals surface area contributed by atoms with Gasteiger partial charge in [-0.25, -0.2) is 12.6 Å². The Hall–Kier alpha value is -2.23. The van der Waals surface area contributed by atoms with E-state index in [9.17, 15) is 17.4 Å². The Bertz CT molecular complexity index is 912. The molecular weight excluding hydrogens is 364 g/mol. The number of benzene rings is 2. The van der Waals surface area contributed by atoms with Gasteiger partial charge >= 0.3 is 0 Å². The van der Waals surface area contributed by atoms with Crippen LogP contribution in [-0.4, -0.2) is 38.3 Å². The van der Waals surface area contributed by atoms with Gasteiger partial charge in [0.25, 0.3) is 0 Å². The van der Waals surface area contributed by atoms with E-state index in [0.717, 1.165) is 6.26 Å². The van der Waals surface area contributed by atoms with Crippen molar-refractivity contribution in [3.8, 4) is 5.75 Å². The van der Waals surface area contributed by atoms with Gasteiger partial charge in [0.1, 0.15) is 5.75 Å².